The van der Waals surface area contributed by atoms with Crippen LogP contribution in [0.4, 0.5) is 0 Å². The third-order valence-electron chi connectivity index (χ3n) is 7.60. The van der Waals surface area contributed by atoms with Gasteiger partial charge >= 0.3 is 0 Å². The molecular weight excluding hydrogens is 374 g/mol. The van der Waals surface area contributed by atoms with Gasteiger partial charge in [-0.25, -0.2) is 0 Å². The molecule has 0 saturated heterocycles. The zero-order chi connectivity index (χ0) is 20.9. The molecule has 2 heterocycles. The molecular formula is C30H23N. The van der Waals surface area contributed by atoms with Gasteiger partial charge in [0.05, 0.1) is 6.04 Å². The Labute approximate surface area is 182 Å². The third kappa shape index (κ3) is 2.06. The molecule has 0 radical (unpaired) electrons. The summed E-state index contributed by atoms with van der Waals surface area (Å²) >= 11 is 0. The average Bonchev–Trinajstić information content (AvgIpc) is 3.20. The highest BCUT2D eigenvalue weighted by Crippen LogP contribution is 2.53. The minimum Gasteiger partial charge on any atom is -0.336 e. The Balaban J connectivity index is 1.51. The second kappa shape index (κ2) is 5.56. The van der Waals surface area contributed by atoms with Gasteiger partial charge in [-0.1, -0.05) is 87.2 Å². The Morgan fingerprint density at radius 3 is 2.52 bits per heavy atom. The van der Waals surface area contributed by atoms with E-state index in [0.717, 1.165) is 5.70 Å². The summed E-state index contributed by atoms with van der Waals surface area (Å²) in [5.41, 5.74) is 9.35. The SMILES string of the molecule is C=C1c2cc3c(cc2C2C=c4c(ccc5ccccc45)=CN12)C(C)(C)c1ccccc1-3. The molecule has 0 fully saturated rings. The molecule has 0 spiro atoms. The van der Waals surface area contributed by atoms with Gasteiger partial charge < -0.3 is 4.90 Å². The van der Waals surface area contributed by atoms with Gasteiger partial charge in [-0.05, 0) is 61.2 Å². The molecule has 4 aromatic carbocycles. The van der Waals surface area contributed by atoms with Crippen LogP contribution in [0.1, 0.15) is 42.1 Å². The number of hydrogen-bond acceptors (Lipinski definition) is 1. The first-order valence-corrected chi connectivity index (χ1v) is 11.0. The van der Waals surface area contributed by atoms with Gasteiger partial charge in [0.2, 0.25) is 0 Å². The van der Waals surface area contributed by atoms with Crippen molar-refractivity contribution in [1.82, 2.24) is 4.90 Å². The van der Waals surface area contributed by atoms with E-state index in [-0.39, 0.29) is 11.5 Å². The number of rotatable bonds is 0. The van der Waals surface area contributed by atoms with Crippen LogP contribution in [-0.4, -0.2) is 4.90 Å². The maximum absolute atomic E-state index is 4.51. The van der Waals surface area contributed by atoms with Crippen LogP contribution in [0.15, 0.2) is 79.4 Å². The number of fused-ring (bicyclic) bond motifs is 9. The van der Waals surface area contributed by atoms with E-state index in [1.165, 1.54) is 54.6 Å². The molecule has 7 rings (SSSR count). The molecule has 0 saturated carbocycles. The lowest BCUT2D eigenvalue weighted by Crippen LogP contribution is -2.34. The first-order valence-electron chi connectivity index (χ1n) is 11.0. The fourth-order valence-electron chi connectivity index (χ4n) is 5.96. The van der Waals surface area contributed by atoms with Crippen LogP contribution in [0.3, 0.4) is 0 Å². The van der Waals surface area contributed by atoms with Crippen molar-refractivity contribution < 1.29 is 0 Å². The highest BCUT2D eigenvalue weighted by molar-refractivity contribution is 5.89. The zero-order valence-electron chi connectivity index (χ0n) is 17.8. The van der Waals surface area contributed by atoms with Crippen LogP contribution < -0.4 is 10.4 Å². The summed E-state index contributed by atoms with van der Waals surface area (Å²) < 4.78 is 0. The van der Waals surface area contributed by atoms with Crippen molar-refractivity contribution in [2.75, 3.05) is 0 Å². The quantitative estimate of drug-likeness (QED) is 0.368. The van der Waals surface area contributed by atoms with Crippen molar-refractivity contribution in [2.45, 2.75) is 25.3 Å². The minimum absolute atomic E-state index is 0.0126. The molecule has 1 nitrogen and oxygen atoms in total. The predicted molar refractivity (Wildman–Crippen MR) is 130 cm³/mol. The van der Waals surface area contributed by atoms with Gasteiger partial charge in [-0.3, -0.25) is 0 Å². The van der Waals surface area contributed by atoms with Gasteiger partial charge in [0.15, 0.2) is 0 Å². The normalized spacial score (nSPS) is 19.1. The molecule has 1 unspecified atom stereocenters. The van der Waals surface area contributed by atoms with Crippen molar-refractivity contribution in [3.63, 3.8) is 0 Å². The van der Waals surface area contributed by atoms with Crippen LogP contribution in [-0.2, 0) is 5.41 Å². The molecule has 0 N–H and O–H groups in total. The van der Waals surface area contributed by atoms with E-state index < -0.39 is 0 Å². The molecule has 0 aromatic heterocycles. The van der Waals surface area contributed by atoms with E-state index in [1.54, 1.807) is 0 Å². The van der Waals surface area contributed by atoms with Gasteiger partial charge in [-0.15, -0.1) is 0 Å². The summed E-state index contributed by atoms with van der Waals surface area (Å²) in [6, 6.07) is 27.1. The van der Waals surface area contributed by atoms with Crippen LogP contribution in [0, 0.1) is 0 Å². The number of benzene rings is 4. The van der Waals surface area contributed by atoms with E-state index in [0.29, 0.717) is 0 Å². The Hall–Kier alpha value is -3.58. The second-order valence-corrected chi connectivity index (χ2v) is 9.54. The van der Waals surface area contributed by atoms with Crippen LogP contribution in [0.5, 0.6) is 0 Å². The van der Waals surface area contributed by atoms with Crippen LogP contribution in [0.25, 0.3) is 39.9 Å². The Bertz CT molecular complexity index is 1590. The first kappa shape index (κ1) is 17.1. The molecule has 4 aromatic rings. The zero-order valence-corrected chi connectivity index (χ0v) is 17.8. The van der Waals surface area contributed by atoms with E-state index >= 15 is 0 Å². The van der Waals surface area contributed by atoms with Crippen molar-refractivity contribution in [3.8, 4) is 11.1 Å². The second-order valence-electron chi connectivity index (χ2n) is 9.54. The highest BCUT2D eigenvalue weighted by atomic mass is 15.2. The van der Waals surface area contributed by atoms with Crippen molar-refractivity contribution in [2.24, 2.45) is 0 Å². The van der Waals surface area contributed by atoms with Crippen LogP contribution >= 0.6 is 0 Å². The standard InChI is InChI=1S/C30H23N/c1-18-23-14-25-22-10-6-7-11-27(22)30(2,3)28(25)15-26(23)29-16-24-20(17-31(18)29)13-12-19-8-4-5-9-21(19)24/h4-17,29H,1H2,2-3H3. The lowest BCUT2D eigenvalue weighted by Gasteiger charge is -2.26. The Morgan fingerprint density at radius 1 is 0.806 bits per heavy atom. The molecule has 2 aliphatic heterocycles. The van der Waals surface area contributed by atoms with E-state index in [1.807, 2.05) is 0 Å². The summed E-state index contributed by atoms with van der Waals surface area (Å²) in [5.74, 6) is 0. The fraction of sp³-hybridized carbons (Fsp3) is 0.133. The smallest absolute Gasteiger partial charge is 0.0785 e. The van der Waals surface area contributed by atoms with E-state index in [2.05, 4.69) is 110 Å². The van der Waals surface area contributed by atoms with Gasteiger partial charge in [-0.2, -0.15) is 0 Å². The lowest BCUT2D eigenvalue weighted by atomic mass is 9.81. The van der Waals surface area contributed by atoms with Gasteiger partial charge in [0, 0.05) is 22.9 Å². The monoisotopic (exact) mass is 397 g/mol. The topological polar surface area (TPSA) is 3.24 Å². The number of hydrogen-bond donors (Lipinski definition) is 0. The minimum atomic E-state index is 0.0126. The lowest BCUT2D eigenvalue weighted by molar-refractivity contribution is 0.543. The fourth-order valence-corrected chi connectivity index (χ4v) is 5.96. The molecule has 0 bridgehead atoms. The van der Waals surface area contributed by atoms with Gasteiger partial charge in [0.25, 0.3) is 0 Å². The first-order chi connectivity index (χ1) is 15.0. The summed E-state index contributed by atoms with van der Waals surface area (Å²) in [4.78, 5) is 2.36. The maximum atomic E-state index is 4.51. The summed E-state index contributed by atoms with van der Waals surface area (Å²) in [6.45, 7) is 9.21. The van der Waals surface area contributed by atoms with E-state index in [4.69, 9.17) is 0 Å². The Kier molecular flexibility index (Phi) is 3.07. The summed E-state index contributed by atoms with van der Waals surface area (Å²) in [5, 5.41) is 5.22. The van der Waals surface area contributed by atoms with E-state index in [9.17, 15) is 0 Å². The maximum Gasteiger partial charge on any atom is 0.0785 e. The average molecular weight is 398 g/mol. The highest BCUT2D eigenvalue weighted by Gasteiger charge is 2.39. The largest absolute Gasteiger partial charge is 0.336 e. The van der Waals surface area contributed by atoms with Crippen molar-refractivity contribution in [3.05, 3.63) is 112 Å². The van der Waals surface area contributed by atoms with Crippen LogP contribution in [0.2, 0.25) is 0 Å². The van der Waals surface area contributed by atoms with Crippen molar-refractivity contribution in [1.29, 1.82) is 0 Å². The summed E-state index contributed by atoms with van der Waals surface area (Å²) in [7, 11) is 0. The number of nitrogens with zero attached hydrogens (tertiary/aromatic N) is 1. The summed E-state index contributed by atoms with van der Waals surface area (Å²) in [6.07, 6.45) is 4.73. The Morgan fingerprint density at radius 2 is 1.61 bits per heavy atom. The molecule has 0 amide bonds. The molecule has 1 aliphatic carbocycles. The molecule has 3 aliphatic rings. The molecule has 148 valence electrons. The van der Waals surface area contributed by atoms with Gasteiger partial charge in [0.1, 0.15) is 0 Å². The molecule has 1 heteroatoms. The van der Waals surface area contributed by atoms with Crippen molar-refractivity contribution >= 4 is 28.7 Å². The predicted octanol–water partition coefficient (Wildman–Crippen LogP) is 5.71. The molecule has 1 atom stereocenters. The third-order valence-corrected chi connectivity index (χ3v) is 7.60. The molecule has 31 heavy (non-hydrogen) atoms.